The van der Waals surface area contributed by atoms with E-state index >= 15 is 0 Å². The maximum atomic E-state index is 14.7. The Morgan fingerprint density at radius 2 is 1.66 bits per heavy atom. The van der Waals surface area contributed by atoms with E-state index in [9.17, 15) is 24.0 Å². The van der Waals surface area contributed by atoms with Crippen LogP contribution in [0.5, 0.6) is 0 Å². The van der Waals surface area contributed by atoms with Gasteiger partial charge in [-0.25, -0.2) is 4.98 Å². The van der Waals surface area contributed by atoms with Gasteiger partial charge in [-0.05, 0) is 120 Å². The summed E-state index contributed by atoms with van der Waals surface area (Å²) in [4.78, 5) is 77.9. The summed E-state index contributed by atoms with van der Waals surface area (Å²) in [5, 5.41) is 8.45. The number of thiazole rings is 1. The summed E-state index contributed by atoms with van der Waals surface area (Å²) in [6.45, 7) is 14.5. The Bertz CT molecular complexity index is 1880. The highest BCUT2D eigenvalue weighted by molar-refractivity contribution is 7.09. The van der Waals surface area contributed by atoms with E-state index in [4.69, 9.17) is 20.2 Å². The van der Waals surface area contributed by atoms with Crippen LogP contribution in [0, 0.1) is 11.8 Å². The summed E-state index contributed by atoms with van der Waals surface area (Å²) < 4.78 is 12.2. The van der Waals surface area contributed by atoms with Crippen molar-refractivity contribution in [3.05, 3.63) is 45.4 Å². The Morgan fingerprint density at radius 3 is 2.27 bits per heavy atom. The highest BCUT2D eigenvalue weighted by atomic mass is 32.1. The van der Waals surface area contributed by atoms with Crippen molar-refractivity contribution in [2.45, 2.75) is 199 Å². The first-order valence-electron chi connectivity index (χ1n) is 24.4. The summed E-state index contributed by atoms with van der Waals surface area (Å²) in [7, 11) is 1.97. The number of hydrogen-bond donors (Lipinski definition) is 3. The predicted molar refractivity (Wildman–Crippen MR) is 253 cm³/mol. The summed E-state index contributed by atoms with van der Waals surface area (Å²) in [6, 6.07) is 4.15. The fourth-order valence-corrected chi connectivity index (χ4v) is 10.8. The van der Waals surface area contributed by atoms with Crippen molar-refractivity contribution in [3.8, 4) is 0 Å². The number of likely N-dealkylation sites (N-methyl/N-ethyl adjacent to an activating group) is 2. The highest BCUT2D eigenvalue weighted by Crippen LogP contribution is 2.36. The Hall–Kier alpha value is -4.04. The molecule has 4 N–H and O–H groups in total. The number of nitrogens with one attached hydrogen (secondary N) is 2. The van der Waals surface area contributed by atoms with Crippen LogP contribution >= 0.6 is 11.3 Å². The molecule has 14 heteroatoms. The summed E-state index contributed by atoms with van der Waals surface area (Å²) in [5.41, 5.74) is 8.10. The number of amides is 3. The van der Waals surface area contributed by atoms with E-state index in [1.54, 1.807) is 5.38 Å². The van der Waals surface area contributed by atoms with Crippen LogP contribution in [0.1, 0.15) is 190 Å². The first kappa shape index (κ1) is 51.0. The second-order valence-corrected chi connectivity index (χ2v) is 20.3. The summed E-state index contributed by atoms with van der Waals surface area (Å²) in [5.74, 6) is -2.21. The van der Waals surface area contributed by atoms with Gasteiger partial charge in [0.05, 0.1) is 11.5 Å². The number of nitrogens with two attached hydrogens (primary N) is 1. The van der Waals surface area contributed by atoms with Crippen LogP contribution < -0.4 is 16.4 Å². The van der Waals surface area contributed by atoms with Gasteiger partial charge in [0.15, 0.2) is 6.10 Å². The molecule has 1 aromatic heterocycles. The van der Waals surface area contributed by atoms with Crippen LogP contribution in [0.2, 0.25) is 0 Å². The van der Waals surface area contributed by atoms with Crippen molar-refractivity contribution in [1.29, 1.82) is 0 Å². The Labute approximate surface area is 386 Å². The number of piperidine rings is 1. The fourth-order valence-electron chi connectivity index (χ4n) is 9.96. The lowest BCUT2D eigenvalue weighted by molar-refractivity contribution is -0.152. The molecule has 1 saturated carbocycles. The molecule has 64 heavy (non-hydrogen) atoms. The van der Waals surface area contributed by atoms with Gasteiger partial charge in [-0.3, -0.25) is 28.9 Å². The molecule has 3 aliphatic rings. The zero-order chi connectivity index (χ0) is 46.6. The smallest absolute Gasteiger partial charge is 0.313 e. The normalized spacial score (nSPS) is 23.3. The van der Waals surface area contributed by atoms with Gasteiger partial charge in [-0.1, -0.05) is 78.7 Å². The van der Waals surface area contributed by atoms with Gasteiger partial charge in [-0.2, -0.15) is 0 Å². The molecule has 2 aromatic rings. The van der Waals surface area contributed by atoms with Gasteiger partial charge >= 0.3 is 11.9 Å². The first-order chi connectivity index (χ1) is 30.6. The molecule has 13 nitrogen and oxygen atoms in total. The number of carbonyl (C=O) groups is 5. The van der Waals surface area contributed by atoms with Crippen LogP contribution in [-0.2, 0) is 35.1 Å². The van der Waals surface area contributed by atoms with Crippen LogP contribution in [0.25, 0.3) is 0 Å². The van der Waals surface area contributed by atoms with E-state index in [0.29, 0.717) is 36.5 Å². The van der Waals surface area contributed by atoms with Gasteiger partial charge in [0.25, 0.3) is 5.91 Å². The van der Waals surface area contributed by atoms with Crippen molar-refractivity contribution in [1.82, 2.24) is 25.4 Å². The number of carbonyl (C=O) groups excluding carboxylic acids is 5. The molecule has 3 amide bonds. The molecular weight excluding hydrogens is 829 g/mol. The van der Waals surface area contributed by atoms with Crippen molar-refractivity contribution in [3.63, 3.8) is 0 Å². The van der Waals surface area contributed by atoms with E-state index in [1.165, 1.54) is 43.9 Å². The Balaban J connectivity index is 1.31. The number of esters is 2. The third kappa shape index (κ3) is 13.3. The lowest BCUT2D eigenvalue weighted by atomic mass is 9.79. The summed E-state index contributed by atoms with van der Waals surface area (Å²) >= 11 is 1.23. The number of benzene rings is 1. The average Bonchev–Trinajstić information content (AvgIpc) is 3.74. The van der Waals surface area contributed by atoms with Crippen molar-refractivity contribution < 1.29 is 33.4 Å². The minimum Gasteiger partial charge on any atom is -0.462 e. The zero-order valence-electron chi connectivity index (χ0n) is 40.0. The van der Waals surface area contributed by atoms with E-state index < -0.39 is 35.5 Å². The van der Waals surface area contributed by atoms with Crippen molar-refractivity contribution in [2.75, 3.05) is 25.9 Å². The average molecular weight is 907 g/mol. The Morgan fingerprint density at radius 1 is 0.984 bits per heavy atom. The molecule has 1 aliphatic heterocycles. The molecule has 0 radical (unpaired) electrons. The van der Waals surface area contributed by atoms with Crippen molar-refractivity contribution in [2.24, 2.45) is 11.8 Å². The molecule has 2 heterocycles. The number of hydrogen-bond acceptors (Lipinski definition) is 11. The monoisotopic (exact) mass is 907 g/mol. The van der Waals surface area contributed by atoms with Gasteiger partial charge in [0.1, 0.15) is 22.8 Å². The standard InChI is InChI=1S/C50H78N6O7S/c1-9-33(5)44(54-49(61)50(7)25-19-20-26-55(50)8)47(59)56(10-2)42(32(3)4)30-43(62-34(6)57)46-53-41(31-64-46)45(58)52-37-27-35-23-24-36(51)28-39(35)40(29-37)48(60)63-38-21-17-15-13-11-12-14-16-18-22-38/h23-24,28,31-33,37-38,40,42-44H,9-22,25-27,29-30,51H2,1-8H3,(H,52,58)(H,54,61)/t33-,37-,40+,42+,43+,44-,50+/m0/s1. The van der Waals surface area contributed by atoms with Crippen LogP contribution in [0.3, 0.4) is 0 Å². The van der Waals surface area contributed by atoms with E-state index in [1.807, 2.05) is 71.7 Å². The third-order valence-electron chi connectivity index (χ3n) is 14.3. The van der Waals surface area contributed by atoms with Gasteiger partial charge in [-0.15, -0.1) is 11.3 Å². The number of nitrogen functional groups attached to an aromatic ring is 1. The second kappa shape index (κ2) is 23.9. The number of anilines is 1. The predicted octanol–water partition coefficient (Wildman–Crippen LogP) is 8.65. The summed E-state index contributed by atoms with van der Waals surface area (Å²) in [6.07, 6.45) is 14.7. The van der Waals surface area contributed by atoms with E-state index in [0.717, 1.165) is 75.5 Å². The lowest BCUT2D eigenvalue weighted by Crippen LogP contribution is -2.63. The van der Waals surface area contributed by atoms with Gasteiger partial charge in [0.2, 0.25) is 11.8 Å². The number of ether oxygens (including phenoxy) is 2. The molecule has 0 spiro atoms. The van der Waals surface area contributed by atoms with Crippen LogP contribution in [-0.4, -0.2) is 94.3 Å². The minimum absolute atomic E-state index is 0.0465. The zero-order valence-corrected chi connectivity index (χ0v) is 40.9. The number of nitrogens with zero attached hydrogens (tertiary/aromatic N) is 3. The molecule has 356 valence electrons. The molecule has 1 saturated heterocycles. The molecule has 7 atom stereocenters. The van der Waals surface area contributed by atoms with Crippen LogP contribution in [0.15, 0.2) is 23.6 Å². The number of likely N-dealkylation sites (tertiary alicyclic amines) is 1. The third-order valence-corrected chi connectivity index (χ3v) is 15.3. The Kier molecular flexibility index (Phi) is 19.1. The largest absolute Gasteiger partial charge is 0.462 e. The lowest BCUT2D eigenvalue weighted by Gasteiger charge is -2.43. The molecule has 2 fully saturated rings. The molecule has 5 rings (SSSR count). The van der Waals surface area contributed by atoms with E-state index in [2.05, 4.69) is 15.5 Å². The van der Waals surface area contributed by atoms with E-state index in [-0.39, 0.29) is 59.9 Å². The quantitative estimate of drug-likeness (QED) is 0.109. The maximum Gasteiger partial charge on any atom is 0.313 e. The number of rotatable bonds is 16. The van der Waals surface area contributed by atoms with Crippen LogP contribution in [0.4, 0.5) is 5.69 Å². The van der Waals surface area contributed by atoms with Gasteiger partial charge < -0.3 is 30.7 Å². The molecule has 0 unspecified atom stereocenters. The molecule has 0 bridgehead atoms. The molecule has 2 aliphatic carbocycles. The fraction of sp³-hybridized carbons (Fsp3) is 0.720. The number of aromatic nitrogens is 1. The van der Waals surface area contributed by atoms with Crippen molar-refractivity contribution >= 4 is 46.7 Å². The highest BCUT2D eigenvalue weighted by Gasteiger charge is 2.43. The minimum atomic E-state index is -0.831. The van der Waals surface area contributed by atoms with Gasteiger partial charge in [0, 0.05) is 43.0 Å². The second-order valence-electron chi connectivity index (χ2n) is 19.4. The number of fused-ring (bicyclic) bond motifs is 1. The maximum absolute atomic E-state index is 14.7. The first-order valence-corrected chi connectivity index (χ1v) is 25.3. The topological polar surface area (TPSA) is 173 Å². The molecule has 1 aromatic carbocycles. The molecular formula is C50H78N6O7S. The SMILES string of the molecule is CC[C@H](C)[C@H](NC(=O)[C@@]1(C)CCCCN1C)C(=O)N(CC)[C@H](C[C@@H](OC(C)=O)c1nc(C(=O)N[C@H]2Cc3ccc(N)cc3[C@H](C(=O)OC3CCCCCCCCCC3)C2)cs1)C(C)C.